The van der Waals surface area contributed by atoms with Gasteiger partial charge in [0.05, 0.1) is 10.0 Å². The first-order valence-corrected chi connectivity index (χ1v) is 6.46. The van der Waals surface area contributed by atoms with E-state index in [4.69, 9.17) is 27.6 Å². The number of rotatable bonds is 1. The van der Waals surface area contributed by atoms with E-state index in [9.17, 15) is 0 Å². The average molecular weight is 271 g/mol. The van der Waals surface area contributed by atoms with Gasteiger partial charge in [-0.15, -0.1) is 0 Å². The zero-order chi connectivity index (χ0) is 11.8. The van der Waals surface area contributed by atoms with Crippen LogP contribution >= 0.6 is 23.2 Å². The van der Waals surface area contributed by atoms with Gasteiger partial charge in [-0.25, -0.2) is 4.98 Å². The SMILES string of the molecule is Clc1ccc(Cl)c2oc(C3CCCNC3)nc12. The van der Waals surface area contributed by atoms with E-state index in [0.717, 1.165) is 31.8 Å². The van der Waals surface area contributed by atoms with Crippen molar-refractivity contribution in [3.05, 3.63) is 28.1 Å². The van der Waals surface area contributed by atoms with Gasteiger partial charge in [-0.2, -0.15) is 0 Å². The third-order valence-corrected chi connectivity index (χ3v) is 3.71. The molecule has 17 heavy (non-hydrogen) atoms. The normalized spacial score (nSPS) is 20.9. The van der Waals surface area contributed by atoms with Crippen molar-refractivity contribution in [1.29, 1.82) is 0 Å². The number of hydrogen-bond donors (Lipinski definition) is 1. The monoisotopic (exact) mass is 270 g/mol. The van der Waals surface area contributed by atoms with Crippen molar-refractivity contribution >= 4 is 34.3 Å². The van der Waals surface area contributed by atoms with Crippen LogP contribution in [0.2, 0.25) is 10.0 Å². The van der Waals surface area contributed by atoms with Crippen molar-refractivity contribution in [2.45, 2.75) is 18.8 Å². The Kier molecular flexibility index (Phi) is 2.99. The Morgan fingerprint density at radius 3 is 2.82 bits per heavy atom. The number of aromatic nitrogens is 1. The second-order valence-electron chi connectivity index (χ2n) is 4.30. The van der Waals surface area contributed by atoms with E-state index < -0.39 is 0 Å². The summed E-state index contributed by atoms with van der Waals surface area (Å²) >= 11 is 12.2. The number of nitrogens with zero attached hydrogens (tertiary/aromatic N) is 1. The maximum absolute atomic E-state index is 6.08. The molecule has 0 spiro atoms. The molecule has 3 nitrogen and oxygen atoms in total. The molecule has 1 atom stereocenters. The van der Waals surface area contributed by atoms with Crippen LogP contribution in [0.5, 0.6) is 0 Å². The summed E-state index contributed by atoms with van der Waals surface area (Å²) < 4.78 is 5.75. The zero-order valence-electron chi connectivity index (χ0n) is 9.17. The largest absolute Gasteiger partial charge is 0.439 e. The van der Waals surface area contributed by atoms with E-state index in [0.29, 0.717) is 27.1 Å². The van der Waals surface area contributed by atoms with Crippen molar-refractivity contribution < 1.29 is 4.42 Å². The van der Waals surface area contributed by atoms with Crippen molar-refractivity contribution in [3.63, 3.8) is 0 Å². The number of hydrogen-bond acceptors (Lipinski definition) is 3. The fourth-order valence-electron chi connectivity index (χ4n) is 2.20. The topological polar surface area (TPSA) is 38.1 Å². The van der Waals surface area contributed by atoms with E-state index in [1.165, 1.54) is 0 Å². The van der Waals surface area contributed by atoms with Gasteiger partial charge in [-0.1, -0.05) is 23.2 Å². The number of fused-ring (bicyclic) bond motifs is 1. The molecule has 0 amide bonds. The predicted molar refractivity (Wildman–Crippen MR) is 68.9 cm³/mol. The highest BCUT2D eigenvalue weighted by atomic mass is 35.5. The maximum Gasteiger partial charge on any atom is 0.200 e. The van der Waals surface area contributed by atoms with Crippen LogP contribution in [0.3, 0.4) is 0 Å². The Morgan fingerprint density at radius 1 is 1.29 bits per heavy atom. The molecule has 2 heterocycles. The molecule has 1 aromatic heterocycles. The fraction of sp³-hybridized carbons (Fsp3) is 0.417. The van der Waals surface area contributed by atoms with Gasteiger partial charge in [-0.3, -0.25) is 0 Å². The first kappa shape index (κ1) is 11.3. The summed E-state index contributed by atoms with van der Waals surface area (Å²) in [6, 6.07) is 3.48. The van der Waals surface area contributed by atoms with E-state index in [1.54, 1.807) is 12.1 Å². The van der Waals surface area contributed by atoms with E-state index in [2.05, 4.69) is 10.3 Å². The van der Waals surface area contributed by atoms with Crippen LogP contribution in [0.1, 0.15) is 24.7 Å². The lowest BCUT2D eigenvalue weighted by Gasteiger charge is -2.19. The molecule has 3 rings (SSSR count). The minimum Gasteiger partial charge on any atom is -0.439 e. The minimum absolute atomic E-state index is 0.322. The summed E-state index contributed by atoms with van der Waals surface area (Å²) in [6.45, 7) is 1.97. The fourth-order valence-corrected chi connectivity index (χ4v) is 2.58. The molecule has 1 aliphatic heterocycles. The number of oxazole rings is 1. The van der Waals surface area contributed by atoms with Gasteiger partial charge in [-0.05, 0) is 31.5 Å². The summed E-state index contributed by atoms with van der Waals surface area (Å²) in [5, 5.41) is 4.49. The van der Waals surface area contributed by atoms with Crippen LogP contribution < -0.4 is 5.32 Å². The van der Waals surface area contributed by atoms with Gasteiger partial charge in [0.15, 0.2) is 11.5 Å². The van der Waals surface area contributed by atoms with Gasteiger partial charge in [0.2, 0.25) is 0 Å². The summed E-state index contributed by atoms with van der Waals surface area (Å²) in [4.78, 5) is 4.47. The molecule has 1 N–H and O–H groups in total. The molecule has 1 saturated heterocycles. The van der Waals surface area contributed by atoms with Crippen LogP contribution in [0.25, 0.3) is 11.1 Å². The van der Waals surface area contributed by atoms with Crippen molar-refractivity contribution in [1.82, 2.24) is 10.3 Å². The molecule has 1 unspecified atom stereocenters. The molecule has 5 heteroatoms. The number of halogens is 2. The molecular weight excluding hydrogens is 259 g/mol. The van der Waals surface area contributed by atoms with Crippen molar-refractivity contribution in [2.75, 3.05) is 13.1 Å². The lowest BCUT2D eigenvalue weighted by Crippen LogP contribution is -2.28. The zero-order valence-corrected chi connectivity index (χ0v) is 10.7. The van der Waals surface area contributed by atoms with Gasteiger partial charge in [0, 0.05) is 12.5 Å². The number of piperidine rings is 1. The van der Waals surface area contributed by atoms with Gasteiger partial charge < -0.3 is 9.73 Å². The van der Waals surface area contributed by atoms with Crippen LogP contribution in [0.15, 0.2) is 16.5 Å². The molecule has 0 saturated carbocycles. The highest BCUT2D eigenvalue weighted by molar-refractivity contribution is 6.39. The van der Waals surface area contributed by atoms with Crippen LogP contribution in [0.4, 0.5) is 0 Å². The highest BCUT2D eigenvalue weighted by Gasteiger charge is 2.22. The Bertz CT molecular complexity index is 508. The first-order chi connectivity index (χ1) is 8.25. The number of benzene rings is 1. The molecule has 1 aromatic carbocycles. The standard InChI is InChI=1S/C12H12Cl2N2O/c13-8-3-4-9(14)11-10(8)16-12(17-11)7-2-1-5-15-6-7/h3-4,7,15H,1-2,5-6H2. The van der Waals surface area contributed by atoms with Crippen LogP contribution in [-0.2, 0) is 0 Å². The van der Waals surface area contributed by atoms with Crippen molar-refractivity contribution in [3.8, 4) is 0 Å². The second-order valence-corrected chi connectivity index (χ2v) is 5.12. The van der Waals surface area contributed by atoms with E-state index in [1.807, 2.05) is 0 Å². The maximum atomic E-state index is 6.08. The molecule has 1 aliphatic rings. The molecule has 0 aliphatic carbocycles. The lowest BCUT2D eigenvalue weighted by molar-refractivity contribution is 0.387. The molecule has 0 radical (unpaired) electrons. The Labute approximate surface area is 109 Å². The quantitative estimate of drug-likeness (QED) is 0.861. The summed E-state index contributed by atoms with van der Waals surface area (Å²) in [5.74, 6) is 1.06. The van der Waals surface area contributed by atoms with Crippen LogP contribution in [-0.4, -0.2) is 18.1 Å². The second kappa shape index (κ2) is 4.48. The molecule has 1 fully saturated rings. The van der Waals surface area contributed by atoms with Crippen LogP contribution in [0, 0.1) is 0 Å². The first-order valence-electron chi connectivity index (χ1n) is 5.71. The smallest absolute Gasteiger partial charge is 0.200 e. The van der Waals surface area contributed by atoms with Gasteiger partial charge >= 0.3 is 0 Å². The summed E-state index contributed by atoms with van der Waals surface area (Å²) in [5.41, 5.74) is 1.26. The summed E-state index contributed by atoms with van der Waals surface area (Å²) in [6.07, 6.45) is 2.24. The van der Waals surface area contributed by atoms with E-state index >= 15 is 0 Å². The van der Waals surface area contributed by atoms with E-state index in [-0.39, 0.29) is 0 Å². The highest BCUT2D eigenvalue weighted by Crippen LogP contribution is 2.33. The number of nitrogens with one attached hydrogen (secondary N) is 1. The van der Waals surface area contributed by atoms with Gasteiger partial charge in [0.25, 0.3) is 0 Å². The Balaban J connectivity index is 2.06. The molecule has 0 bridgehead atoms. The minimum atomic E-state index is 0.322. The summed E-state index contributed by atoms with van der Waals surface area (Å²) in [7, 11) is 0. The third-order valence-electron chi connectivity index (χ3n) is 3.11. The van der Waals surface area contributed by atoms with Crippen molar-refractivity contribution in [2.24, 2.45) is 0 Å². The third kappa shape index (κ3) is 2.03. The molecule has 2 aromatic rings. The Hall–Kier alpha value is -0.770. The molecule has 90 valence electrons. The van der Waals surface area contributed by atoms with Gasteiger partial charge in [0.1, 0.15) is 5.52 Å². The lowest BCUT2D eigenvalue weighted by atomic mass is 10.00. The predicted octanol–water partition coefficient (Wildman–Crippen LogP) is 3.60. The average Bonchev–Trinajstić information content (AvgIpc) is 2.81. The molecular formula is C12H12Cl2N2O. The Morgan fingerprint density at radius 2 is 2.12 bits per heavy atom.